The lowest BCUT2D eigenvalue weighted by molar-refractivity contribution is -0.143. The van der Waals surface area contributed by atoms with Gasteiger partial charge in [0.25, 0.3) is 0 Å². The van der Waals surface area contributed by atoms with Crippen molar-refractivity contribution in [1.29, 1.82) is 0 Å². The van der Waals surface area contributed by atoms with Crippen LogP contribution < -0.4 is 9.47 Å². The van der Waals surface area contributed by atoms with Gasteiger partial charge < -0.3 is 14.6 Å². The summed E-state index contributed by atoms with van der Waals surface area (Å²) < 4.78 is 11.7. The molecule has 1 fully saturated rings. The van der Waals surface area contributed by atoms with E-state index in [0.717, 1.165) is 36.1 Å². The number of rotatable bonds is 8. The summed E-state index contributed by atoms with van der Waals surface area (Å²) >= 11 is 0. The minimum absolute atomic E-state index is 0.0511. The molecular weight excluding hydrogens is 414 g/mol. The zero-order valence-electron chi connectivity index (χ0n) is 19.2. The average Bonchev–Trinajstić information content (AvgIpc) is 2.85. The van der Waals surface area contributed by atoms with E-state index in [0.29, 0.717) is 24.7 Å². The monoisotopic (exact) mass is 445 g/mol. The number of carboxylic acids is 1. The van der Waals surface area contributed by atoms with Crippen molar-refractivity contribution in [1.82, 2.24) is 4.90 Å². The van der Waals surface area contributed by atoms with E-state index < -0.39 is 5.97 Å². The Morgan fingerprint density at radius 3 is 2.45 bits per heavy atom. The van der Waals surface area contributed by atoms with Crippen molar-refractivity contribution >= 4 is 5.97 Å². The van der Waals surface area contributed by atoms with Crippen LogP contribution in [-0.4, -0.2) is 36.2 Å². The minimum Gasteiger partial charge on any atom is -0.493 e. The van der Waals surface area contributed by atoms with Gasteiger partial charge in [-0.05, 0) is 55.1 Å². The van der Waals surface area contributed by atoms with Gasteiger partial charge in [0.15, 0.2) is 11.5 Å². The van der Waals surface area contributed by atoms with Gasteiger partial charge in [0.1, 0.15) is 6.61 Å². The van der Waals surface area contributed by atoms with Gasteiger partial charge in [0, 0.05) is 6.54 Å². The molecule has 3 aromatic rings. The number of ether oxygens (including phenoxy) is 2. The standard InChI is InChI=1S/C28H31NO4/c1-20-10-12-22(13-11-20)27(29-16-6-9-24(18-29)28(30)31)23-14-15-25(26(17-23)32-2)33-19-21-7-4-3-5-8-21/h3-5,7-8,10-15,17,24,27H,6,9,16,18-19H2,1-2H3,(H,30,31). The molecule has 1 heterocycles. The maximum absolute atomic E-state index is 11.7. The van der Waals surface area contributed by atoms with Crippen LogP contribution in [0.5, 0.6) is 11.5 Å². The highest BCUT2D eigenvalue weighted by atomic mass is 16.5. The molecule has 2 atom stereocenters. The zero-order valence-corrected chi connectivity index (χ0v) is 19.2. The van der Waals surface area contributed by atoms with Gasteiger partial charge in [-0.3, -0.25) is 9.69 Å². The molecule has 1 N–H and O–H groups in total. The lowest BCUT2D eigenvalue weighted by Crippen LogP contribution is -2.41. The maximum atomic E-state index is 11.7. The molecule has 0 amide bonds. The van der Waals surface area contributed by atoms with Gasteiger partial charge in [-0.1, -0.05) is 66.2 Å². The molecule has 1 aliphatic rings. The Hall–Kier alpha value is -3.31. The van der Waals surface area contributed by atoms with E-state index in [1.165, 1.54) is 5.56 Å². The number of nitrogens with zero attached hydrogens (tertiary/aromatic N) is 1. The van der Waals surface area contributed by atoms with Crippen LogP contribution in [0.1, 0.15) is 41.1 Å². The van der Waals surface area contributed by atoms with E-state index in [4.69, 9.17) is 9.47 Å². The van der Waals surface area contributed by atoms with Crippen LogP contribution in [0.3, 0.4) is 0 Å². The molecule has 0 saturated carbocycles. The number of carboxylic acid groups (broad SMARTS) is 1. The van der Waals surface area contributed by atoms with Crippen LogP contribution in [0, 0.1) is 12.8 Å². The first kappa shape index (κ1) is 22.9. The third-order valence-corrected chi connectivity index (χ3v) is 6.30. The molecule has 5 heteroatoms. The summed E-state index contributed by atoms with van der Waals surface area (Å²) in [7, 11) is 1.65. The van der Waals surface area contributed by atoms with E-state index in [-0.39, 0.29) is 12.0 Å². The summed E-state index contributed by atoms with van der Waals surface area (Å²) in [5.41, 5.74) is 4.50. The highest BCUT2D eigenvalue weighted by Crippen LogP contribution is 2.37. The normalized spacial score (nSPS) is 17.3. The van der Waals surface area contributed by atoms with Gasteiger partial charge >= 0.3 is 5.97 Å². The fraction of sp³-hybridized carbons (Fsp3) is 0.321. The molecule has 33 heavy (non-hydrogen) atoms. The molecule has 2 unspecified atom stereocenters. The first-order valence-corrected chi connectivity index (χ1v) is 11.4. The van der Waals surface area contributed by atoms with Gasteiger partial charge in [0.05, 0.1) is 19.1 Å². The average molecular weight is 446 g/mol. The number of hydrogen-bond acceptors (Lipinski definition) is 4. The summed E-state index contributed by atoms with van der Waals surface area (Å²) in [6.45, 7) is 3.92. The second-order valence-corrected chi connectivity index (χ2v) is 8.67. The van der Waals surface area contributed by atoms with Crippen LogP contribution in [0.2, 0.25) is 0 Å². The highest BCUT2D eigenvalue weighted by Gasteiger charge is 2.31. The summed E-state index contributed by atoms with van der Waals surface area (Å²) in [6.07, 6.45) is 1.59. The largest absolute Gasteiger partial charge is 0.493 e. The number of aryl methyl sites for hydroxylation is 1. The first-order valence-electron chi connectivity index (χ1n) is 11.4. The number of likely N-dealkylation sites (tertiary alicyclic amines) is 1. The van der Waals surface area contributed by atoms with Crippen molar-refractivity contribution < 1.29 is 19.4 Å². The first-order chi connectivity index (χ1) is 16.0. The van der Waals surface area contributed by atoms with Gasteiger partial charge in [-0.25, -0.2) is 0 Å². The number of benzene rings is 3. The lowest BCUT2D eigenvalue weighted by Gasteiger charge is -2.37. The Balaban J connectivity index is 1.64. The van der Waals surface area contributed by atoms with Crippen molar-refractivity contribution in [3.8, 4) is 11.5 Å². The van der Waals surface area contributed by atoms with Gasteiger partial charge in [0.2, 0.25) is 0 Å². The van der Waals surface area contributed by atoms with Crippen molar-refractivity contribution in [3.05, 3.63) is 95.1 Å². The number of aliphatic carboxylic acids is 1. The molecule has 1 saturated heterocycles. The molecule has 5 nitrogen and oxygen atoms in total. The van der Waals surface area contributed by atoms with Crippen molar-refractivity contribution in [2.24, 2.45) is 5.92 Å². The molecule has 0 radical (unpaired) electrons. The SMILES string of the molecule is COc1cc(C(c2ccc(C)cc2)N2CCCC(C(=O)O)C2)ccc1OCc1ccccc1. The maximum Gasteiger partial charge on any atom is 0.307 e. The fourth-order valence-corrected chi connectivity index (χ4v) is 4.51. The predicted octanol–water partition coefficient (Wildman–Crippen LogP) is 5.47. The van der Waals surface area contributed by atoms with Crippen molar-refractivity contribution in [3.63, 3.8) is 0 Å². The Labute approximate surface area is 195 Å². The molecule has 172 valence electrons. The van der Waals surface area contributed by atoms with Gasteiger partial charge in [-0.2, -0.15) is 0 Å². The van der Waals surface area contributed by atoms with E-state index in [1.807, 2.05) is 42.5 Å². The highest BCUT2D eigenvalue weighted by molar-refractivity contribution is 5.70. The quantitative estimate of drug-likeness (QED) is 0.498. The molecule has 4 rings (SSSR count). The Morgan fingerprint density at radius 1 is 1.03 bits per heavy atom. The topological polar surface area (TPSA) is 59.0 Å². The summed E-state index contributed by atoms with van der Waals surface area (Å²) in [5.74, 6) is 0.300. The smallest absolute Gasteiger partial charge is 0.307 e. The van der Waals surface area contributed by atoms with Crippen LogP contribution in [0.25, 0.3) is 0 Å². The Bertz CT molecular complexity index is 1070. The predicted molar refractivity (Wildman–Crippen MR) is 129 cm³/mol. The molecule has 1 aliphatic heterocycles. The number of methoxy groups -OCH3 is 1. The molecule has 0 spiro atoms. The third-order valence-electron chi connectivity index (χ3n) is 6.30. The lowest BCUT2D eigenvalue weighted by atomic mass is 9.91. The summed E-state index contributed by atoms with van der Waals surface area (Å²) in [5, 5.41) is 9.62. The molecule has 3 aromatic carbocycles. The number of piperidine rings is 1. The van der Waals surface area contributed by atoms with Crippen LogP contribution >= 0.6 is 0 Å². The van der Waals surface area contributed by atoms with E-state index in [9.17, 15) is 9.90 Å². The zero-order chi connectivity index (χ0) is 23.2. The van der Waals surface area contributed by atoms with Crippen LogP contribution in [-0.2, 0) is 11.4 Å². The Morgan fingerprint density at radius 2 is 1.76 bits per heavy atom. The van der Waals surface area contributed by atoms with E-state index in [2.05, 4.69) is 42.2 Å². The number of carbonyl (C=O) groups is 1. The van der Waals surface area contributed by atoms with Crippen LogP contribution in [0.4, 0.5) is 0 Å². The molecular formula is C28H31NO4. The van der Waals surface area contributed by atoms with E-state index in [1.54, 1.807) is 7.11 Å². The van der Waals surface area contributed by atoms with Gasteiger partial charge in [-0.15, -0.1) is 0 Å². The second kappa shape index (κ2) is 10.5. The Kier molecular flexibility index (Phi) is 7.30. The summed E-state index contributed by atoms with van der Waals surface area (Å²) in [6, 6.07) is 24.5. The van der Waals surface area contributed by atoms with E-state index >= 15 is 0 Å². The second-order valence-electron chi connectivity index (χ2n) is 8.67. The summed E-state index contributed by atoms with van der Waals surface area (Å²) in [4.78, 5) is 14.0. The molecule has 0 bridgehead atoms. The third kappa shape index (κ3) is 5.55. The fourth-order valence-electron chi connectivity index (χ4n) is 4.51. The number of hydrogen-bond donors (Lipinski definition) is 1. The molecule has 0 aromatic heterocycles. The van der Waals surface area contributed by atoms with Crippen molar-refractivity contribution in [2.45, 2.75) is 32.4 Å². The van der Waals surface area contributed by atoms with Crippen molar-refractivity contribution in [2.75, 3.05) is 20.2 Å². The van der Waals surface area contributed by atoms with Crippen LogP contribution in [0.15, 0.2) is 72.8 Å². The minimum atomic E-state index is -0.718. The molecule has 0 aliphatic carbocycles.